The van der Waals surface area contributed by atoms with Crippen LogP contribution in [0, 0.1) is 5.82 Å². The zero-order chi connectivity index (χ0) is 15.5. The second-order valence-electron chi connectivity index (χ2n) is 4.56. The number of halogens is 1. The number of hydrogen-bond acceptors (Lipinski definition) is 4. The van der Waals surface area contributed by atoms with Crippen molar-refractivity contribution in [3.8, 4) is 0 Å². The van der Waals surface area contributed by atoms with Crippen LogP contribution in [-0.2, 0) is 0 Å². The Labute approximate surface area is 135 Å². The molecule has 112 valence electrons. The van der Waals surface area contributed by atoms with Gasteiger partial charge in [0.05, 0.1) is 10.2 Å². The smallest absolute Gasteiger partial charge is 0.255 e. The molecule has 0 bridgehead atoms. The number of amides is 1. The summed E-state index contributed by atoms with van der Waals surface area (Å²) in [6, 6.07) is 11.1. The number of benzene rings is 2. The van der Waals surface area contributed by atoms with Crippen LogP contribution in [0.3, 0.4) is 0 Å². The van der Waals surface area contributed by atoms with Crippen LogP contribution in [0.5, 0.6) is 0 Å². The average molecular weight is 332 g/mol. The highest BCUT2D eigenvalue weighted by molar-refractivity contribution is 8.01. The minimum atomic E-state index is -0.358. The number of hydrogen-bond donors (Lipinski definition) is 1. The van der Waals surface area contributed by atoms with Gasteiger partial charge in [-0.15, -0.1) is 11.3 Å². The van der Waals surface area contributed by atoms with Gasteiger partial charge in [-0.05, 0) is 48.2 Å². The van der Waals surface area contributed by atoms with Gasteiger partial charge in [0.2, 0.25) is 0 Å². The Balaban J connectivity index is 1.81. The fourth-order valence-corrected chi connectivity index (χ4v) is 3.98. The molecule has 3 rings (SSSR count). The topological polar surface area (TPSA) is 42.0 Å². The van der Waals surface area contributed by atoms with Crippen molar-refractivity contribution in [3.05, 3.63) is 53.8 Å². The lowest BCUT2D eigenvalue weighted by Gasteiger charge is -2.05. The molecule has 3 aromatic rings. The summed E-state index contributed by atoms with van der Waals surface area (Å²) in [5.74, 6) is 0.365. The maximum Gasteiger partial charge on any atom is 0.255 e. The number of anilines is 1. The van der Waals surface area contributed by atoms with E-state index in [-0.39, 0.29) is 11.7 Å². The first-order valence-electron chi connectivity index (χ1n) is 6.76. The van der Waals surface area contributed by atoms with Gasteiger partial charge in [0, 0.05) is 11.3 Å². The van der Waals surface area contributed by atoms with E-state index in [2.05, 4.69) is 17.2 Å². The minimum Gasteiger partial charge on any atom is -0.322 e. The fourth-order valence-electron chi connectivity index (χ4n) is 1.97. The summed E-state index contributed by atoms with van der Waals surface area (Å²) in [4.78, 5) is 16.6. The number of thioether (sulfide) groups is 1. The zero-order valence-electron chi connectivity index (χ0n) is 11.8. The summed E-state index contributed by atoms with van der Waals surface area (Å²) < 4.78 is 14.9. The molecule has 0 atom stereocenters. The monoisotopic (exact) mass is 332 g/mol. The first kappa shape index (κ1) is 15.0. The number of aromatic nitrogens is 1. The molecule has 0 unspecified atom stereocenters. The summed E-state index contributed by atoms with van der Waals surface area (Å²) in [6.07, 6.45) is 0. The molecule has 0 saturated heterocycles. The van der Waals surface area contributed by atoms with Crippen molar-refractivity contribution in [2.75, 3.05) is 11.1 Å². The summed E-state index contributed by atoms with van der Waals surface area (Å²) in [5, 5.41) is 2.82. The molecule has 0 aliphatic heterocycles. The van der Waals surface area contributed by atoms with Crippen LogP contribution in [0.2, 0.25) is 0 Å². The predicted molar refractivity (Wildman–Crippen MR) is 90.4 cm³/mol. The molecule has 0 aliphatic rings. The van der Waals surface area contributed by atoms with Crippen molar-refractivity contribution in [3.63, 3.8) is 0 Å². The van der Waals surface area contributed by atoms with Gasteiger partial charge in [0.25, 0.3) is 5.91 Å². The molecule has 0 spiro atoms. The fraction of sp³-hybridized carbons (Fsp3) is 0.125. The minimum absolute atomic E-state index is 0.257. The largest absolute Gasteiger partial charge is 0.322 e. The maximum atomic E-state index is 12.9. The van der Waals surface area contributed by atoms with Gasteiger partial charge in [-0.1, -0.05) is 18.7 Å². The Morgan fingerprint density at radius 2 is 2.05 bits per heavy atom. The van der Waals surface area contributed by atoms with E-state index in [0.717, 1.165) is 20.3 Å². The molecule has 0 saturated carbocycles. The number of carbonyl (C=O) groups is 1. The Hall–Kier alpha value is -1.92. The number of nitrogens with one attached hydrogen (secondary N) is 1. The Bertz CT molecular complexity index is 815. The second-order valence-corrected chi connectivity index (χ2v) is 7.10. The number of fused-ring (bicyclic) bond motifs is 1. The quantitative estimate of drug-likeness (QED) is 0.698. The van der Waals surface area contributed by atoms with E-state index in [9.17, 15) is 9.18 Å². The maximum absolute atomic E-state index is 12.9. The highest BCUT2D eigenvalue weighted by atomic mass is 32.2. The van der Waals surface area contributed by atoms with Crippen molar-refractivity contribution in [2.45, 2.75) is 11.3 Å². The van der Waals surface area contributed by atoms with Crippen molar-refractivity contribution >= 4 is 44.9 Å². The van der Waals surface area contributed by atoms with Crippen LogP contribution in [0.15, 0.2) is 46.8 Å². The SMILES string of the molecule is CCSc1nc2ccc(NC(=O)c3ccc(F)cc3)cc2s1. The van der Waals surface area contributed by atoms with Crippen molar-refractivity contribution < 1.29 is 9.18 Å². The van der Waals surface area contributed by atoms with Crippen molar-refractivity contribution in [1.82, 2.24) is 4.98 Å². The predicted octanol–water partition coefficient (Wildman–Crippen LogP) is 4.80. The molecule has 1 heterocycles. The van der Waals surface area contributed by atoms with Crippen LogP contribution in [-0.4, -0.2) is 16.6 Å². The molecule has 0 radical (unpaired) electrons. The second kappa shape index (κ2) is 6.46. The van der Waals surface area contributed by atoms with E-state index < -0.39 is 0 Å². The van der Waals surface area contributed by atoms with E-state index in [0.29, 0.717) is 11.3 Å². The number of nitrogens with zero attached hydrogens (tertiary/aromatic N) is 1. The van der Waals surface area contributed by atoms with Crippen molar-refractivity contribution in [1.29, 1.82) is 0 Å². The first-order valence-corrected chi connectivity index (χ1v) is 8.56. The zero-order valence-corrected chi connectivity index (χ0v) is 13.4. The Morgan fingerprint density at radius 3 is 2.77 bits per heavy atom. The van der Waals surface area contributed by atoms with Crippen LogP contribution >= 0.6 is 23.1 Å². The van der Waals surface area contributed by atoms with E-state index in [1.54, 1.807) is 23.1 Å². The lowest BCUT2D eigenvalue weighted by molar-refractivity contribution is 0.102. The van der Waals surface area contributed by atoms with E-state index in [1.807, 2.05) is 18.2 Å². The first-order chi connectivity index (χ1) is 10.7. The van der Waals surface area contributed by atoms with Gasteiger partial charge in [-0.2, -0.15) is 0 Å². The molecule has 1 N–H and O–H groups in total. The van der Waals surface area contributed by atoms with Crippen molar-refractivity contribution in [2.24, 2.45) is 0 Å². The normalized spacial score (nSPS) is 10.8. The molecule has 1 aromatic heterocycles. The summed E-state index contributed by atoms with van der Waals surface area (Å²) in [5.41, 5.74) is 2.06. The van der Waals surface area contributed by atoms with Gasteiger partial charge in [-0.25, -0.2) is 9.37 Å². The lowest BCUT2D eigenvalue weighted by atomic mass is 10.2. The highest BCUT2D eigenvalue weighted by Gasteiger charge is 2.08. The molecule has 0 aliphatic carbocycles. The molecule has 1 amide bonds. The van der Waals surface area contributed by atoms with Crippen LogP contribution < -0.4 is 5.32 Å². The molecule has 6 heteroatoms. The summed E-state index contributed by atoms with van der Waals surface area (Å²) in [6.45, 7) is 2.09. The Morgan fingerprint density at radius 1 is 1.27 bits per heavy atom. The van der Waals surface area contributed by atoms with Gasteiger partial charge < -0.3 is 5.32 Å². The third-order valence-corrected chi connectivity index (χ3v) is 5.04. The lowest BCUT2D eigenvalue weighted by Crippen LogP contribution is -2.11. The van der Waals surface area contributed by atoms with Gasteiger partial charge in [0.15, 0.2) is 4.34 Å². The van der Waals surface area contributed by atoms with Gasteiger partial charge in [-0.3, -0.25) is 4.79 Å². The van der Waals surface area contributed by atoms with Gasteiger partial charge >= 0.3 is 0 Å². The van der Waals surface area contributed by atoms with E-state index in [4.69, 9.17) is 0 Å². The standard InChI is InChI=1S/C16H13FN2OS2/c1-2-21-16-19-13-8-7-12(9-14(13)22-16)18-15(20)10-3-5-11(17)6-4-10/h3-9H,2H2,1H3,(H,18,20). The molecular weight excluding hydrogens is 319 g/mol. The Kier molecular flexibility index (Phi) is 4.40. The average Bonchev–Trinajstić information content (AvgIpc) is 2.90. The molecule has 2 aromatic carbocycles. The third-order valence-electron chi connectivity index (χ3n) is 3.00. The molecule has 3 nitrogen and oxygen atoms in total. The molecule has 0 fully saturated rings. The van der Waals surface area contributed by atoms with Crippen LogP contribution in [0.25, 0.3) is 10.2 Å². The summed E-state index contributed by atoms with van der Waals surface area (Å²) >= 11 is 3.32. The van der Waals surface area contributed by atoms with Gasteiger partial charge in [0.1, 0.15) is 5.82 Å². The number of thiazole rings is 1. The van der Waals surface area contributed by atoms with E-state index in [1.165, 1.54) is 24.3 Å². The van der Waals surface area contributed by atoms with Crippen LogP contribution in [0.4, 0.5) is 10.1 Å². The number of rotatable bonds is 4. The molecular formula is C16H13FN2OS2. The van der Waals surface area contributed by atoms with Crippen LogP contribution in [0.1, 0.15) is 17.3 Å². The number of carbonyl (C=O) groups excluding carboxylic acids is 1. The van der Waals surface area contributed by atoms with E-state index >= 15 is 0 Å². The molecule has 22 heavy (non-hydrogen) atoms. The summed E-state index contributed by atoms with van der Waals surface area (Å²) in [7, 11) is 0. The third kappa shape index (κ3) is 3.28. The highest BCUT2D eigenvalue weighted by Crippen LogP contribution is 2.31.